The molecule has 118 valence electrons. The second-order valence-corrected chi connectivity index (χ2v) is 9.19. The lowest BCUT2D eigenvalue weighted by Crippen LogP contribution is -2.45. The predicted molar refractivity (Wildman–Crippen MR) is 88.0 cm³/mol. The van der Waals surface area contributed by atoms with Crippen LogP contribution in [0, 0.1) is 0 Å². The number of rotatable bonds is 7. The largest absolute Gasteiger partial charge is 0.309 e. The molecule has 1 saturated carbocycles. The summed E-state index contributed by atoms with van der Waals surface area (Å²) in [5.74, 6) is 0. The van der Waals surface area contributed by atoms with E-state index < -0.39 is 15.6 Å². The third kappa shape index (κ3) is 3.94. The van der Waals surface area contributed by atoms with Gasteiger partial charge in [0.05, 0.1) is 4.90 Å². The molecule has 1 aromatic heterocycles. The van der Waals surface area contributed by atoms with Crippen LogP contribution in [0.15, 0.2) is 29.0 Å². The Hall–Kier alpha value is -0.690. The van der Waals surface area contributed by atoms with E-state index in [9.17, 15) is 8.42 Å². The first kappa shape index (κ1) is 16.7. The molecule has 0 atom stereocenters. The zero-order chi connectivity index (χ0) is 15.7. The Morgan fingerprint density at radius 2 is 2.14 bits per heavy atom. The average Bonchev–Trinajstić information content (AvgIpc) is 3.08. The number of thiophene rings is 1. The summed E-state index contributed by atoms with van der Waals surface area (Å²) in [4.78, 5) is 1.32. The molecular formula is C15H24N2O2S2. The van der Waals surface area contributed by atoms with Crippen molar-refractivity contribution >= 4 is 21.4 Å². The standard InChI is InChI=1S/C15H24N2O2S2/c1-5-9-17(15(2,3)4)21(18,19)14-8-10-20-13(14)11-16-12-6-7-12/h5,8,10,12,16H,1,6-7,9,11H2,2-4H3. The first-order chi connectivity index (χ1) is 9.76. The van der Waals surface area contributed by atoms with E-state index in [1.807, 2.05) is 26.2 Å². The van der Waals surface area contributed by atoms with Gasteiger partial charge in [0, 0.05) is 29.5 Å². The summed E-state index contributed by atoms with van der Waals surface area (Å²) < 4.78 is 27.4. The third-order valence-corrected chi connectivity index (χ3v) is 6.71. The topological polar surface area (TPSA) is 49.4 Å². The lowest BCUT2D eigenvalue weighted by molar-refractivity contribution is 0.269. The van der Waals surface area contributed by atoms with Gasteiger partial charge in [-0.05, 0) is 45.1 Å². The summed E-state index contributed by atoms with van der Waals surface area (Å²) >= 11 is 1.50. The molecule has 1 aliphatic carbocycles. The van der Waals surface area contributed by atoms with Crippen LogP contribution in [-0.2, 0) is 16.6 Å². The number of hydrogen-bond acceptors (Lipinski definition) is 4. The summed E-state index contributed by atoms with van der Waals surface area (Å²) in [6.07, 6.45) is 4.02. The van der Waals surface area contributed by atoms with Crippen LogP contribution in [0.3, 0.4) is 0 Å². The molecule has 1 heterocycles. The minimum atomic E-state index is -3.50. The molecule has 0 aromatic carbocycles. The fraction of sp³-hybridized carbons (Fsp3) is 0.600. The zero-order valence-electron chi connectivity index (χ0n) is 12.9. The monoisotopic (exact) mass is 328 g/mol. The maximum absolute atomic E-state index is 13.0. The van der Waals surface area contributed by atoms with Crippen LogP contribution < -0.4 is 5.32 Å². The lowest BCUT2D eigenvalue weighted by Gasteiger charge is -2.33. The van der Waals surface area contributed by atoms with E-state index >= 15 is 0 Å². The number of nitrogens with zero attached hydrogens (tertiary/aromatic N) is 1. The zero-order valence-corrected chi connectivity index (χ0v) is 14.6. The molecule has 6 heteroatoms. The van der Waals surface area contributed by atoms with E-state index in [-0.39, 0.29) is 0 Å². The van der Waals surface area contributed by atoms with Gasteiger partial charge >= 0.3 is 0 Å². The molecule has 0 unspecified atom stereocenters. The Labute approximate surface area is 131 Å². The second kappa shape index (κ2) is 6.20. The van der Waals surface area contributed by atoms with Crippen LogP contribution in [0.5, 0.6) is 0 Å². The van der Waals surface area contributed by atoms with Gasteiger partial charge in [-0.25, -0.2) is 8.42 Å². The fourth-order valence-corrected chi connectivity index (χ4v) is 5.31. The summed E-state index contributed by atoms with van der Waals surface area (Å²) in [5, 5.41) is 5.24. The Bertz CT molecular complexity index is 595. The molecule has 0 radical (unpaired) electrons. The van der Waals surface area contributed by atoms with E-state index in [0.29, 0.717) is 24.0 Å². The van der Waals surface area contributed by atoms with Crippen LogP contribution in [0.1, 0.15) is 38.5 Å². The van der Waals surface area contributed by atoms with Gasteiger partial charge in [-0.15, -0.1) is 17.9 Å². The van der Waals surface area contributed by atoms with Gasteiger partial charge in [0.25, 0.3) is 0 Å². The fourth-order valence-electron chi connectivity index (χ4n) is 2.18. The van der Waals surface area contributed by atoms with Gasteiger partial charge < -0.3 is 5.32 Å². The van der Waals surface area contributed by atoms with Crippen molar-refractivity contribution < 1.29 is 8.42 Å². The second-order valence-electron chi connectivity index (χ2n) is 6.36. The smallest absolute Gasteiger partial charge is 0.244 e. The minimum absolute atomic E-state index is 0.317. The quantitative estimate of drug-likeness (QED) is 0.783. The molecule has 1 aromatic rings. The van der Waals surface area contributed by atoms with Gasteiger partial charge in [-0.1, -0.05) is 6.08 Å². The number of sulfonamides is 1. The molecule has 0 amide bonds. The van der Waals surface area contributed by atoms with Gasteiger partial charge in [0.15, 0.2) is 0 Å². The predicted octanol–water partition coefficient (Wildman–Crippen LogP) is 2.98. The first-order valence-corrected chi connectivity index (χ1v) is 9.52. The van der Waals surface area contributed by atoms with Crippen LogP contribution in [-0.4, -0.2) is 30.8 Å². The molecule has 1 aliphatic rings. The molecule has 4 nitrogen and oxygen atoms in total. The van der Waals surface area contributed by atoms with Crippen molar-refractivity contribution in [3.63, 3.8) is 0 Å². The summed E-state index contributed by atoms with van der Waals surface area (Å²) in [7, 11) is -3.50. The van der Waals surface area contributed by atoms with E-state index in [2.05, 4.69) is 11.9 Å². The summed E-state index contributed by atoms with van der Waals surface area (Å²) in [6.45, 7) is 10.3. The van der Waals surface area contributed by atoms with Crippen LogP contribution >= 0.6 is 11.3 Å². The molecule has 1 fully saturated rings. The molecule has 0 bridgehead atoms. The Kier molecular flexibility index (Phi) is 4.92. The van der Waals surface area contributed by atoms with Crippen molar-refractivity contribution in [2.24, 2.45) is 0 Å². The summed E-state index contributed by atoms with van der Waals surface area (Å²) in [6, 6.07) is 2.28. The normalized spacial score (nSPS) is 16.4. The number of hydrogen-bond donors (Lipinski definition) is 1. The van der Waals surface area contributed by atoms with Crippen molar-refractivity contribution in [3.8, 4) is 0 Å². The van der Waals surface area contributed by atoms with Crippen LogP contribution in [0.4, 0.5) is 0 Å². The van der Waals surface area contributed by atoms with Crippen molar-refractivity contribution in [2.75, 3.05) is 6.54 Å². The van der Waals surface area contributed by atoms with Gasteiger partial charge in [-0.3, -0.25) is 0 Å². The third-order valence-electron chi connectivity index (χ3n) is 3.44. The van der Waals surface area contributed by atoms with E-state index in [1.54, 1.807) is 12.1 Å². The van der Waals surface area contributed by atoms with Gasteiger partial charge in [0.1, 0.15) is 0 Å². The van der Waals surface area contributed by atoms with E-state index in [4.69, 9.17) is 0 Å². The molecule has 0 saturated heterocycles. The van der Waals surface area contributed by atoms with Crippen molar-refractivity contribution in [3.05, 3.63) is 29.0 Å². The van der Waals surface area contributed by atoms with Crippen molar-refractivity contribution in [1.82, 2.24) is 9.62 Å². The highest BCUT2D eigenvalue weighted by atomic mass is 32.2. The Morgan fingerprint density at radius 3 is 2.67 bits per heavy atom. The molecule has 1 N–H and O–H groups in total. The van der Waals surface area contributed by atoms with Gasteiger partial charge in [0.2, 0.25) is 10.0 Å². The SMILES string of the molecule is C=CCN(C(C)(C)C)S(=O)(=O)c1ccsc1CNC1CC1. The highest BCUT2D eigenvalue weighted by Crippen LogP contribution is 2.30. The molecule has 2 rings (SSSR count). The first-order valence-electron chi connectivity index (χ1n) is 7.20. The average molecular weight is 329 g/mol. The highest BCUT2D eigenvalue weighted by Gasteiger charge is 2.35. The molecule has 0 spiro atoms. The highest BCUT2D eigenvalue weighted by molar-refractivity contribution is 7.89. The lowest BCUT2D eigenvalue weighted by atomic mass is 10.1. The minimum Gasteiger partial charge on any atom is -0.309 e. The van der Waals surface area contributed by atoms with Crippen molar-refractivity contribution in [2.45, 2.75) is 56.6 Å². The van der Waals surface area contributed by atoms with Crippen LogP contribution in [0.25, 0.3) is 0 Å². The van der Waals surface area contributed by atoms with Crippen molar-refractivity contribution in [1.29, 1.82) is 0 Å². The maximum Gasteiger partial charge on any atom is 0.244 e. The Morgan fingerprint density at radius 1 is 1.48 bits per heavy atom. The van der Waals surface area contributed by atoms with E-state index in [1.165, 1.54) is 28.5 Å². The number of nitrogens with one attached hydrogen (secondary N) is 1. The molecule has 0 aliphatic heterocycles. The molecular weight excluding hydrogens is 304 g/mol. The van der Waals surface area contributed by atoms with Crippen LogP contribution in [0.2, 0.25) is 0 Å². The van der Waals surface area contributed by atoms with E-state index in [0.717, 1.165) is 4.88 Å². The molecule has 21 heavy (non-hydrogen) atoms. The maximum atomic E-state index is 13.0. The Balaban J connectivity index is 2.28. The summed E-state index contributed by atoms with van der Waals surface area (Å²) in [5.41, 5.74) is -0.476. The van der Waals surface area contributed by atoms with Gasteiger partial charge in [-0.2, -0.15) is 4.31 Å².